The molecule has 1 heterocycles. The number of aliphatic carboxylic acids is 1. The van der Waals surface area contributed by atoms with Gasteiger partial charge in [-0.3, -0.25) is 4.79 Å². The van der Waals surface area contributed by atoms with Crippen molar-refractivity contribution in [3.63, 3.8) is 0 Å². The Morgan fingerprint density at radius 1 is 1.24 bits per heavy atom. The molecule has 1 aromatic heterocycles. The first-order valence-corrected chi connectivity index (χ1v) is 7.90. The summed E-state index contributed by atoms with van der Waals surface area (Å²) in [6.07, 6.45) is 8.70. The fourth-order valence-corrected chi connectivity index (χ4v) is 3.44. The van der Waals surface area contributed by atoms with Gasteiger partial charge in [-0.05, 0) is 24.5 Å². The van der Waals surface area contributed by atoms with Crippen molar-refractivity contribution in [1.29, 1.82) is 0 Å². The predicted molar refractivity (Wildman–Crippen MR) is 82.3 cm³/mol. The summed E-state index contributed by atoms with van der Waals surface area (Å²) >= 11 is 0. The van der Waals surface area contributed by atoms with E-state index in [2.05, 4.69) is 4.98 Å². The number of fused-ring (bicyclic) bond motifs is 1. The third kappa shape index (κ3) is 3.26. The molecule has 0 unspecified atom stereocenters. The van der Waals surface area contributed by atoms with E-state index in [-0.39, 0.29) is 6.54 Å². The largest absolute Gasteiger partial charge is 0.480 e. The Balaban J connectivity index is 1.80. The third-order valence-electron chi connectivity index (χ3n) is 4.53. The molecule has 1 aliphatic rings. The molecule has 4 heteroatoms. The van der Waals surface area contributed by atoms with Gasteiger partial charge in [0.25, 0.3) is 0 Å². The standard InChI is InChI=1S/C17H22N2O2/c20-17(21)12-19-15-9-5-4-8-14(15)18-16(19)11-10-13-6-2-1-3-7-13/h4-5,8-9,13H,1-3,6-7,10-12H2,(H,20,21). The van der Waals surface area contributed by atoms with Gasteiger partial charge in [0.2, 0.25) is 0 Å². The van der Waals surface area contributed by atoms with Crippen LogP contribution in [0.25, 0.3) is 11.0 Å². The molecule has 1 aliphatic carbocycles. The maximum atomic E-state index is 11.1. The van der Waals surface area contributed by atoms with E-state index < -0.39 is 5.97 Å². The number of benzene rings is 1. The lowest BCUT2D eigenvalue weighted by Crippen LogP contribution is -2.14. The van der Waals surface area contributed by atoms with E-state index in [1.807, 2.05) is 28.8 Å². The lowest BCUT2D eigenvalue weighted by molar-refractivity contribution is -0.137. The van der Waals surface area contributed by atoms with Crippen molar-refractivity contribution < 1.29 is 9.90 Å². The van der Waals surface area contributed by atoms with Gasteiger partial charge in [-0.15, -0.1) is 0 Å². The minimum absolute atomic E-state index is 0.000509. The number of aryl methyl sites for hydroxylation is 1. The van der Waals surface area contributed by atoms with Crippen LogP contribution in [0.15, 0.2) is 24.3 Å². The van der Waals surface area contributed by atoms with Gasteiger partial charge >= 0.3 is 5.97 Å². The van der Waals surface area contributed by atoms with Crippen LogP contribution in [-0.2, 0) is 17.8 Å². The first kappa shape index (κ1) is 14.1. The summed E-state index contributed by atoms with van der Waals surface area (Å²) in [5.74, 6) is 0.901. The second-order valence-corrected chi connectivity index (χ2v) is 6.04. The molecule has 0 saturated heterocycles. The average Bonchev–Trinajstić information content (AvgIpc) is 2.84. The maximum Gasteiger partial charge on any atom is 0.323 e. The van der Waals surface area contributed by atoms with Gasteiger partial charge in [-0.1, -0.05) is 44.2 Å². The molecule has 3 rings (SSSR count). The number of nitrogens with zero attached hydrogens (tertiary/aromatic N) is 2. The number of carboxylic acid groups (broad SMARTS) is 1. The van der Waals surface area contributed by atoms with E-state index >= 15 is 0 Å². The Bertz CT molecular complexity index is 627. The number of aromatic nitrogens is 2. The van der Waals surface area contributed by atoms with Crippen LogP contribution in [0.4, 0.5) is 0 Å². The zero-order chi connectivity index (χ0) is 14.7. The molecule has 1 N–H and O–H groups in total. The molecule has 1 saturated carbocycles. The van der Waals surface area contributed by atoms with Crippen molar-refractivity contribution in [2.45, 2.75) is 51.5 Å². The van der Waals surface area contributed by atoms with Crippen LogP contribution in [0, 0.1) is 5.92 Å². The quantitative estimate of drug-likeness (QED) is 0.913. The molecule has 112 valence electrons. The minimum atomic E-state index is -0.808. The number of hydrogen-bond acceptors (Lipinski definition) is 2. The van der Waals surface area contributed by atoms with Crippen LogP contribution in [-0.4, -0.2) is 20.6 Å². The maximum absolute atomic E-state index is 11.1. The van der Waals surface area contributed by atoms with Crippen molar-refractivity contribution in [2.24, 2.45) is 5.92 Å². The highest BCUT2D eigenvalue weighted by atomic mass is 16.4. The summed E-state index contributed by atoms with van der Waals surface area (Å²) in [5.41, 5.74) is 1.83. The molecular weight excluding hydrogens is 264 g/mol. The lowest BCUT2D eigenvalue weighted by atomic mass is 9.86. The highest BCUT2D eigenvalue weighted by Gasteiger charge is 2.17. The predicted octanol–water partition coefficient (Wildman–Crippen LogP) is 3.63. The van der Waals surface area contributed by atoms with E-state index in [9.17, 15) is 4.79 Å². The third-order valence-corrected chi connectivity index (χ3v) is 4.53. The number of rotatable bonds is 5. The first-order chi connectivity index (χ1) is 10.2. The molecule has 0 radical (unpaired) electrons. The molecule has 0 amide bonds. The Kier molecular flexibility index (Phi) is 4.23. The summed E-state index contributed by atoms with van der Waals surface area (Å²) in [6.45, 7) is 0.000509. The lowest BCUT2D eigenvalue weighted by Gasteiger charge is -2.21. The highest BCUT2D eigenvalue weighted by molar-refractivity contribution is 5.78. The summed E-state index contributed by atoms with van der Waals surface area (Å²) in [5, 5.41) is 9.14. The van der Waals surface area contributed by atoms with Crippen molar-refractivity contribution in [3.05, 3.63) is 30.1 Å². The number of carbonyl (C=O) groups is 1. The van der Waals surface area contributed by atoms with Crippen molar-refractivity contribution in [3.8, 4) is 0 Å². The molecule has 2 aromatic rings. The molecule has 0 atom stereocenters. The second-order valence-electron chi connectivity index (χ2n) is 6.04. The summed E-state index contributed by atoms with van der Waals surface area (Å²) in [7, 11) is 0. The van der Waals surface area contributed by atoms with Crippen molar-refractivity contribution in [1.82, 2.24) is 9.55 Å². The average molecular weight is 286 g/mol. The first-order valence-electron chi connectivity index (χ1n) is 7.90. The minimum Gasteiger partial charge on any atom is -0.480 e. The molecule has 0 spiro atoms. The SMILES string of the molecule is O=C(O)Cn1c(CCC2CCCCC2)nc2ccccc21. The van der Waals surface area contributed by atoms with Gasteiger partial charge in [0.1, 0.15) is 12.4 Å². The molecule has 0 bridgehead atoms. The highest BCUT2D eigenvalue weighted by Crippen LogP contribution is 2.28. The molecule has 1 aromatic carbocycles. The van der Waals surface area contributed by atoms with Crippen LogP contribution in [0.1, 0.15) is 44.3 Å². The fraction of sp³-hybridized carbons (Fsp3) is 0.529. The van der Waals surface area contributed by atoms with Gasteiger partial charge in [0.05, 0.1) is 11.0 Å². The number of carboxylic acids is 1. The summed E-state index contributed by atoms with van der Waals surface area (Å²) < 4.78 is 1.86. The number of hydrogen-bond donors (Lipinski definition) is 1. The van der Waals surface area contributed by atoms with Crippen LogP contribution < -0.4 is 0 Å². The van der Waals surface area contributed by atoms with Gasteiger partial charge < -0.3 is 9.67 Å². The molecule has 0 aliphatic heterocycles. The molecule has 4 nitrogen and oxygen atoms in total. The van der Waals surface area contributed by atoms with Crippen LogP contribution >= 0.6 is 0 Å². The zero-order valence-electron chi connectivity index (χ0n) is 12.3. The molecule has 1 fully saturated rings. The van der Waals surface area contributed by atoms with Gasteiger partial charge in [0, 0.05) is 6.42 Å². The Labute approximate surface area is 124 Å². The van der Waals surface area contributed by atoms with E-state index in [1.165, 1.54) is 32.1 Å². The van der Waals surface area contributed by atoms with Crippen LogP contribution in [0.3, 0.4) is 0 Å². The number of imidazole rings is 1. The van der Waals surface area contributed by atoms with E-state index in [0.717, 1.165) is 35.6 Å². The van der Waals surface area contributed by atoms with E-state index in [4.69, 9.17) is 5.11 Å². The van der Waals surface area contributed by atoms with Gasteiger partial charge in [0.15, 0.2) is 0 Å². The summed E-state index contributed by atoms with van der Waals surface area (Å²) in [6, 6.07) is 7.80. The molecular formula is C17H22N2O2. The van der Waals surface area contributed by atoms with Crippen molar-refractivity contribution in [2.75, 3.05) is 0 Å². The second kappa shape index (κ2) is 6.29. The van der Waals surface area contributed by atoms with Crippen LogP contribution in [0.2, 0.25) is 0 Å². The smallest absolute Gasteiger partial charge is 0.323 e. The Hall–Kier alpha value is -1.84. The fourth-order valence-electron chi connectivity index (χ4n) is 3.44. The van der Waals surface area contributed by atoms with Crippen molar-refractivity contribution >= 4 is 17.0 Å². The van der Waals surface area contributed by atoms with E-state index in [0.29, 0.717) is 0 Å². The molecule has 21 heavy (non-hydrogen) atoms. The Morgan fingerprint density at radius 2 is 2.00 bits per heavy atom. The van der Waals surface area contributed by atoms with E-state index in [1.54, 1.807) is 0 Å². The Morgan fingerprint density at radius 3 is 2.76 bits per heavy atom. The zero-order valence-corrected chi connectivity index (χ0v) is 12.3. The monoisotopic (exact) mass is 286 g/mol. The normalized spacial score (nSPS) is 16.4. The van der Waals surface area contributed by atoms with Crippen LogP contribution in [0.5, 0.6) is 0 Å². The number of para-hydroxylation sites is 2. The van der Waals surface area contributed by atoms with Gasteiger partial charge in [-0.2, -0.15) is 0 Å². The summed E-state index contributed by atoms with van der Waals surface area (Å²) in [4.78, 5) is 15.8. The topological polar surface area (TPSA) is 55.1 Å². The van der Waals surface area contributed by atoms with Gasteiger partial charge in [-0.25, -0.2) is 4.98 Å².